The Morgan fingerprint density at radius 1 is 0.927 bits per heavy atom. The standard InChI is InChI=1S/C26H19Cl2N7O5S/c1-13-3-2-4-15(11-13)34-35-19-8-6-16-21(41(38,39)40)10-9-18(22(16)23(19)36)29-24-31-25(33-26(37)32-24)30-20-12-14(27)5-7-17(20)28/h2-12,36H,1H3,(H,38,39,40)(H3,29,30,31,32,33,37). The third-order valence-electron chi connectivity index (χ3n) is 5.72. The number of azo groups is 1. The smallest absolute Gasteiger partial charge is 0.351 e. The number of aromatic amines is 1. The van der Waals surface area contributed by atoms with Crippen LogP contribution in [0.15, 0.2) is 86.6 Å². The zero-order valence-corrected chi connectivity index (χ0v) is 23.3. The van der Waals surface area contributed by atoms with E-state index >= 15 is 0 Å². The quantitative estimate of drug-likeness (QED) is 0.0976. The van der Waals surface area contributed by atoms with Gasteiger partial charge in [-0.05, 0) is 61.0 Å². The van der Waals surface area contributed by atoms with Gasteiger partial charge in [-0.1, -0.05) is 41.4 Å². The third-order valence-corrected chi connectivity index (χ3v) is 7.20. The number of nitrogens with one attached hydrogen (secondary N) is 3. The predicted octanol–water partition coefficient (Wildman–Crippen LogP) is 6.79. The van der Waals surface area contributed by atoms with Crippen molar-refractivity contribution < 1.29 is 18.1 Å². The molecule has 0 amide bonds. The second-order valence-corrected chi connectivity index (χ2v) is 10.9. The fourth-order valence-electron chi connectivity index (χ4n) is 3.94. The maximum Gasteiger partial charge on any atom is 0.351 e. The van der Waals surface area contributed by atoms with Gasteiger partial charge in [0.15, 0.2) is 5.75 Å². The number of rotatable bonds is 7. The molecule has 0 fully saturated rings. The van der Waals surface area contributed by atoms with E-state index in [1.807, 2.05) is 13.0 Å². The van der Waals surface area contributed by atoms with Crippen molar-refractivity contribution in [2.75, 3.05) is 10.6 Å². The van der Waals surface area contributed by atoms with E-state index in [1.165, 1.54) is 24.3 Å². The summed E-state index contributed by atoms with van der Waals surface area (Å²) in [5.41, 5.74) is 1.20. The second kappa shape index (κ2) is 11.1. The number of aryl methyl sites for hydroxylation is 1. The molecule has 41 heavy (non-hydrogen) atoms. The molecule has 0 bridgehead atoms. The number of H-pyrrole nitrogens is 1. The molecule has 5 rings (SSSR count). The number of phenols is 1. The van der Waals surface area contributed by atoms with Gasteiger partial charge in [0.2, 0.25) is 11.9 Å². The maximum atomic E-state index is 12.3. The highest BCUT2D eigenvalue weighted by atomic mass is 35.5. The second-order valence-electron chi connectivity index (χ2n) is 8.68. The SMILES string of the molecule is Cc1cccc(N=Nc2ccc3c(S(=O)(=O)O)ccc(Nc4nc(Nc5cc(Cl)ccc5Cl)[nH]c(=O)n4)c3c2O)c1. The molecule has 0 aliphatic heterocycles. The van der Waals surface area contributed by atoms with E-state index in [9.17, 15) is 22.9 Å². The first-order valence-corrected chi connectivity index (χ1v) is 13.9. The number of aromatic nitrogens is 3. The number of hydrogen-bond donors (Lipinski definition) is 5. The molecular weight excluding hydrogens is 593 g/mol. The molecule has 5 N–H and O–H groups in total. The van der Waals surface area contributed by atoms with Crippen LogP contribution in [0, 0.1) is 6.92 Å². The van der Waals surface area contributed by atoms with Crippen LogP contribution in [0.25, 0.3) is 10.8 Å². The minimum Gasteiger partial charge on any atom is -0.505 e. The minimum atomic E-state index is -4.68. The molecule has 1 aromatic heterocycles. The fourth-order valence-corrected chi connectivity index (χ4v) is 4.97. The molecule has 0 spiro atoms. The zero-order valence-electron chi connectivity index (χ0n) is 20.9. The van der Waals surface area contributed by atoms with Crippen LogP contribution in [0.2, 0.25) is 10.0 Å². The van der Waals surface area contributed by atoms with E-state index in [1.54, 1.807) is 30.3 Å². The first kappa shape index (κ1) is 28.0. The van der Waals surface area contributed by atoms with E-state index in [0.717, 1.165) is 11.6 Å². The Labute approximate surface area is 242 Å². The molecule has 0 aliphatic rings. The first-order valence-electron chi connectivity index (χ1n) is 11.7. The van der Waals surface area contributed by atoms with Gasteiger partial charge in [0, 0.05) is 10.4 Å². The van der Waals surface area contributed by atoms with Crippen LogP contribution in [0.5, 0.6) is 5.75 Å². The highest BCUT2D eigenvalue weighted by Gasteiger charge is 2.21. The summed E-state index contributed by atoms with van der Waals surface area (Å²) in [5.74, 6) is -0.685. The Morgan fingerprint density at radius 3 is 2.49 bits per heavy atom. The molecule has 12 nitrogen and oxygen atoms in total. The summed E-state index contributed by atoms with van der Waals surface area (Å²) in [7, 11) is -4.68. The van der Waals surface area contributed by atoms with Crippen molar-refractivity contribution in [2.45, 2.75) is 11.8 Å². The molecular formula is C26H19Cl2N7O5S. The zero-order chi connectivity index (χ0) is 29.3. The molecule has 5 aromatic rings. The van der Waals surface area contributed by atoms with Crippen molar-refractivity contribution in [3.63, 3.8) is 0 Å². The Hall–Kier alpha value is -4.56. The summed E-state index contributed by atoms with van der Waals surface area (Å²) >= 11 is 12.2. The number of halogens is 2. The number of nitrogens with zero attached hydrogens (tertiary/aromatic N) is 4. The van der Waals surface area contributed by atoms with Crippen molar-refractivity contribution in [2.24, 2.45) is 10.2 Å². The number of fused-ring (bicyclic) bond motifs is 1. The minimum absolute atomic E-state index is 0.0133. The van der Waals surface area contributed by atoms with Gasteiger partial charge in [0.05, 0.1) is 27.5 Å². The van der Waals surface area contributed by atoms with Gasteiger partial charge in [0.25, 0.3) is 10.1 Å². The van der Waals surface area contributed by atoms with Crippen LogP contribution in [0.4, 0.5) is 34.6 Å². The monoisotopic (exact) mass is 611 g/mol. The molecule has 208 valence electrons. The van der Waals surface area contributed by atoms with Gasteiger partial charge in [0.1, 0.15) is 10.6 Å². The Bertz CT molecular complexity index is 2020. The summed E-state index contributed by atoms with van der Waals surface area (Å²) < 4.78 is 34.0. The molecule has 0 atom stereocenters. The summed E-state index contributed by atoms with van der Waals surface area (Å²) in [6, 6.07) is 17.0. The van der Waals surface area contributed by atoms with Gasteiger partial charge in [-0.25, -0.2) is 4.79 Å². The fraction of sp³-hybridized carbons (Fsp3) is 0.0385. The maximum absolute atomic E-state index is 12.3. The van der Waals surface area contributed by atoms with Crippen LogP contribution < -0.4 is 16.3 Å². The molecule has 1 heterocycles. The van der Waals surface area contributed by atoms with Crippen LogP contribution in [0.3, 0.4) is 0 Å². The molecule has 0 unspecified atom stereocenters. The lowest BCUT2D eigenvalue weighted by atomic mass is 10.1. The molecule has 0 saturated heterocycles. The van der Waals surface area contributed by atoms with E-state index < -0.39 is 26.5 Å². The molecule has 0 saturated carbocycles. The van der Waals surface area contributed by atoms with E-state index in [4.69, 9.17) is 23.2 Å². The highest BCUT2D eigenvalue weighted by Crippen LogP contribution is 2.42. The Morgan fingerprint density at radius 2 is 1.73 bits per heavy atom. The van der Waals surface area contributed by atoms with Crippen molar-refractivity contribution in [3.8, 4) is 5.75 Å². The molecule has 4 aromatic carbocycles. The van der Waals surface area contributed by atoms with Crippen LogP contribution >= 0.6 is 23.2 Å². The average molecular weight is 612 g/mol. The van der Waals surface area contributed by atoms with E-state index in [2.05, 4.69) is 35.8 Å². The number of aromatic hydroxyl groups is 1. The topological polar surface area (TPSA) is 182 Å². The third kappa shape index (κ3) is 6.28. The Kier molecular flexibility index (Phi) is 7.60. The van der Waals surface area contributed by atoms with E-state index in [-0.39, 0.29) is 34.0 Å². The van der Waals surface area contributed by atoms with Crippen LogP contribution in [-0.4, -0.2) is 33.0 Å². The number of phenolic OH excluding ortho intramolecular Hbond substituents is 1. The summed E-state index contributed by atoms with van der Waals surface area (Å²) in [5, 5.41) is 25.7. The number of anilines is 4. The van der Waals surface area contributed by atoms with Gasteiger partial charge in [-0.15, -0.1) is 5.11 Å². The predicted molar refractivity (Wildman–Crippen MR) is 156 cm³/mol. The first-order chi connectivity index (χ1) is 19.5. The van der Waals surface area contributed by atoms with Gasteiger partial charge in [-0.2, -0.15) is 23.5 Å². The van der Waals surface area contributed by atoms with Crippen molar-refractivity contribution in [1.29, 1.82) is 0 Å². The summed E-state index contributed by atoms with van der Waals surface area (Å²) in [6.45, 7) is 1.89. The normalized spacial score (nSPS) is 11.7. The average Bonchev–Trinajstić information content (AvgIpc) is 2.89. The van der Waals surface area contributed by atoms with Crippen LogP contribution in [0.1, 0.15) is 5.56 Å². The van der Waals surface area contributed by atoms with Crippen molar-refractivity contribution >= 4 is 78.7 Å². The highest BCUT2D eigenvalue weighted by molar-refractivity contribution is 7.86. The van der Waals surface area contributed by atoms with Gasteiger partial charge in [-0.3, -0.25) is 9.54 Å². The van der Waals surface area contributed by atoms with Crippen LogP contribution in [-0.2, 0) is 10.1 Å². The lowest BCUT2D eigenvalue weighted by molar-refractivity contribution is 0.482. The number of hydrogen-bond acceptors (Lipinski definition) is 10. The van der Waals surface area contributed by atoms with Crippen molar-refractivity contribution in [3.05, 3.63) is 92.8 Å². The van der Waals surface area contributed by atoms with Gasteiger partial charge < -0.3 is 15.7 Å². The van der Waals surface area contributed by atoms with E-state index in [0.29, 0.717) is 21.4 Å². The summed E-state index contributed by atoms with van der Waals surface area (Å²) in [4.78, 5) is 22.3. The lowest BCUT2D eigenvalue weighted by Gasteiger charge is -2.14. The lowest BCUT2D eigenvalue weighted by Crippen LogP contribution is -2.16. The van der Waals surface area contributed by atoms with Crippen molar-refractivity contribution in [1.82, 2.24) is 15.0 Å². The molecule has 0 aliphatic carbocycles. The van der Waals surface area contributed by atoms with Gasteiger partial charge >= 0.3 is 5.69 Å². The Balaban J connectivity index is 1.59. The molecule has 0 radical (unpaired) electrons. The number of benzene rings is 4. The largest absolute Gasteiger partial charge is 0.505 e. The molecule has 15 heteroatoms. The summed E-state index contributed by atoms with van der Waals surface area (Å²) in [6.07, 6.45) is 0.